The first-order chi connectivity index (χ1) is 8.75. The zero-order valence-electron chi connectivity index (χ0n) is 10.9. The molecule has 0 bridgehead atoms. The van der Waals surface area contributed by atoms with Crippen molar-refractivity contribution in [2.24, 2.45) is 0 Å². The van der Waals surface area contributed by atoms with E-state index >= 15 is 0 Å². The molecular formula is C13H18N4S. The molecule has 2 aromatic rings. The third-order valence-corrected chi connectivity index (χ3v) is 4.70. The van der Waals surface area contributed by atoms with Crippen LogP contribution in [0.15, 0.2) is 6.33 Å². The topological polar surface area (TPSA) is 41.1 Å². The smallest absolute Gasteiger partial charge is 0.152 e. The summed E-state index contributed by atoms with van der Waals surface area (Å²) in [5.74, 6) is 0.962. The Morgan fingerprint density at radius 2 is 1.94 bits per heavy atom. The molecule has 0 amide bonds. The minimum atomic E-state index is 0.962. The van der Waals surface area contributed by atoms with Gasteiger partial charge < -0.3 is 5.43 Å². The summed E-state index contributed by atoms with van der Waals surface area (Å²) in [6.07, 6.45) is 5.53. The summed E-state index contributed by atoms with van der Waals surface area (Å²) in [4.78, 5) is 11.2. The van der Waals surface area contributed by atoms with Crippen LogP contribution in [0.25, 0.3) is 10.2 Å². The highest BCUT2D eigenvalue weighted by Gasteiger charge is 2.15. The van der Waals surface area contributed by atoms with Crippen LogP contribution in [-0.2, 0) is 0 Å². The van der Waals surface area contributed by atoms with Crippen LogP contribution in [0.2, 0.25) is 0 Å². The number of anilines is 1. The molecule has 1 fully saturated rings. The molecule has 3 rings (SSSR count). The van der Waals surface area contributed by atoms with E-state index in [9.17, 15) is 0 Å². The van der Waals surface area contributed by atoms with Gasteiger partial charge in [-0.2, -0.15) is 0 Å². The summed E-state index contributed by atoms with van der Waals surface area (Å²) in [6, 6.07) is 0. The van der Waals surface area contributed by atoms with Crippen LogP contribution in [0.5, 0.6) is 0 Å². The quantitative estimate of drug-likeness (QED) is 0.903. The summed E-state index contributed by atoms with van der Waals surface area (Å²) in [7, 11) is 0. The monoisotopic (exact) mass is 262 g/mol. The Bertz CT molecular complexity index is 557. The molecule has 18 heavy (non-hydrogen) atoms. The van der Waals surface area contributed by atoms with Crippen molar-refractivity contribution in [2.45, 2.75) is 33.1 Å². The Hall–Kier alpha value is -1.20. The van der Waals surface area contributed by atoms with Gasteiger partial charge in [0.05, 0.1) is 5.39 Å². The number of thiophene rings is 1. The lowest BCUT2D eigenvalue weighted by Crippen LogP contribution is -2.35. The molecule has 1 aliphatic rings. The fourth-order valence-corrected chi connectivity index (χ4v) is 3.42. The average Bonchev–Trinajstić information content (AvgIpc) is 2.67. The number of rotatable bonds is 2. The predicted octanol–water partition coefficient (Wildman–Crippen LogP) is 3.12. The van der Waals surface area contributed by atoms with Gasteiger partial charge in [-0.1, -0.05) is 6.42 Å². The number of aryl methyl sites for hydroxylation is 2. The maximum absolute atomic E-state index is 4.42. The highest BCUT2D eigenvalue weighted by atomic mass is 32.1. The number of nitrogens with one attached hydrogen (secondary N) is 1. The van der Waals surface area contributed by atoms with Gasteiger partial charge in [0.2, 0.25) is 0 Å². The molecule has 1 saturated heterocycles. The lowest BCUT2D eigenvalue weighted by atomic mass is 10.2. The van der Waals surface area contributed by atoms with Gasteiger partial charge in [0.25, 0.3) is 0 Å². The van der Waals surface area contributed by atoms with Gasteiger partial charge in [0.1, 0.15) is 11.2 Å². The molecule has 4 nitrogen and oxygen atoms in total. The highest BCUT2D eigenvalue weighted by Crippen LogP contribution is 2.32. The van der Waals surface area contributed by atoms with E-state index in [1.807, 2.05) is 0 Å². The van der Waals surface area contributed by atoms with E-state index in [1.165, 1.54) is 35.1 Å². The fraction of sp³-hybridized carbons (Fsp3) is 0.538. The Morgan fingerprint density at radius 3 is 2.72 bits per heavy atom. The molecule has 0 aromatic carbocycles. The van der Waals surface area contributed by atoms with Crippen molar-refractivity contribution in [3.8, 4) is 0 Å². The molecule has 1 aliphatic heterocycles. The van der Waals surface area contributed by atoms with E-state index in [2.05, 4.69) is 34.3 Å². The number of hydrogen-bond donors (Lipinski definition) is 1. The number of fused-ring (bicyclic) bond motifs is 1. The van der Waals surface area contributed by atoms with Gasteiger partial charge in [-0.05, 0) is 32.3 Å². The van der Waals surface area contributed by atoms with Gasteiger partial charge in [-0.3, -0.25) is 0 Å². The van der Waals surface area contributed by atoms with E-state index in [4.69, 9.17) is 0 Å². The van der Waals surface area contributed by atoms with Gasteiger partial charge in [-0.25, -0.2) is 15.0 Å². The summed E-state index contributed by atoms with van der Waals surface area (Å²) in [5.41, 5.74) is 4.77. The molecule has 2 aromatic heterocycles. The SMILES string of the molecule is Cc1sc2ncnc(NN3CCCCC3)c2c1C. The molecule has 0 spiro atoms. The minimum absolute atomic E-state index is 0.962. The largest absolute Gasteiger partial charge is 0.302 e. The number of aromatic nitrogens is 2. The Labute approximate surface area is 111 Å². The molecule has 1 N–H and O–H groups in total. The van der Waals surface area contributed by atoms with E-state index in [-0.39, 0.29) is 0 Å². The van der Waals surface area contributed by atoms with Gasteiger partial charge >= 0.3 is 0 Å². The van der Waals surface area contributed by atoms with Crippen LogP contribution >= 0.6 is 11.3 Å². The first-order valence-electron chi connectivity index (χ1n) is 6.48. The van der Waals surface area contributed by atoms with Gasteiger partial charge in [0, 0.05) is 18.0 Å². The zero-order chi connectivity index (χ0) is 12.5. The van der Waals surface area contributed by atoms with Crippen LogP contribution in [0.4, 0.5) is 5.82 Å². The summed E-state index contributed by atoms with van der Waals surface area (Å²) in [5, 5.41) is 3.46. The number of hydrazine groups is 1. The minimum Gasteiger partial charge on any atom is -0.302 e. The lowest BCUT2D eigenvalue weighted by Gasteiger charge is -2.27. The average molecular weight is 262 g/mol. The fourth-order valence-electron chi connectivity index (χ4n) is 2.42. The van der Waals surface area contributed by atoms with Crippen LogP contribution in [0.1, 0.15) is 29.7 Å². The highest BCUT2D eigenvalue weighted by molar-refractivity contribution is 7.18. The zero-order valence-corrected chi connectivity index (χ0v) is 11.7. The summed E-state index contributed by atoms with van der Waals surface area (Å²) >= 11 is 1.75. The van der Waals surface area contributed by atoms with Crippen molar-refractivity contribution >= 4 is 27.4 Å². The molecule has 96 valence electrons. The van der Waals surface area contributed by atoms with Crippen LogP contribution in [0, 0.1) is 13.8 Å². The summed E-state index contributed by atoms with van der Waals surface area (Å²) < 4.78 is 0. The van der Waals surface area contributed by atoms with Crippen LogP contribution < -0.4 is 5.43 Å². The maximum Gasteiger partial charge on any atom is 0.152 e. The van der Waals surface area contributed by atoms with Gasteiger partial charge in [0.15, 0.2) is 5.82 Å². The molecular weight excluding hydrogens is 244 g/mol. The number of nitrogens with zero attached hydrogens (tertiary/aromatic N) is 3. The van der Waals surface area contributed by atoms with Crippen LogP contribution in [-0.4, -0.2) is 28.1 Å². The van der Waals surface area contributed by atoms with E-state index in [0.29, 0.717) is 0 Å². The Kier molecular flexibility index (Phi) is 3.18. The third-order valence-electron chi connectivity index (χ3n) is 3.59. The molecule has 0 aliphatic carbocycles. The van der Waals surface area contributed by atoms with Gasteiger partial charge in [-0.15, -0.1) is 11.3 Å². The van der Waals surface area contributed by atoms with Crippen LogP contribution in [0.3, 0.4) is 0 Å². The second kappa shape index (κ2) is 4.82. The Morgan fingerprint density at radius 1 is 1.17 bits per heavy atom. The first kappa shape index (κ1) is 11.9. The van der Waals surface area contributed by atoms with E-state index in [0.717, 1.165) is 23.7 Å². The maximum atomic E-state index is 4.42. The molecule has 0 saturated carbocycles. The standard InChI is InChI=1S/C13H18N4S/c1-9-10(2)18-13-11(9)12(14-8-15-13)16-17-6-4-3-5-7-17/h8H,3-7H2,1-2H3,(H,14,15,16). The van der Waals surface area contributed by atoms with Crippen molar-refractivity contribution in [1.29, 1.82) is 0 Å². The molecule has 0 atom stereocenters. The predicted molar refractivity (Wildman–Crippen MR) is 75.9 cm³/mol. The third kappa shape index (κ3) is 2.08. The number of hydrogen-bond acceptors (Lipinski definition) is 5. The van der Waals surface area contributed by atoms with E-state index in [1.54, 1.807) is 17.7 Å². The summed E-state index contributed by atoms with van der Waals surface area (Å²) in [6.45, 7) is 6.51. The van der Waals surface area contributed by atoms with Crippen molar-refractivity contribution in [3.05, 3.63) is 16.8 Å². The molecule has 3 heterocycles. The van der Waals surface area contributed by atoms with Crippen molar-refractivity contribution < 1.29 is 0 Å². The number of piperidine rings is 1. The molecule has 0 unspecified atom stereocenters. The van der Waals surface area contributed by atoms with E-state index < -0.39 is 0 Å². The second-order valence-corrected chi connectivity index (χ2v) is 6.05. The Balaban J connectivity index is 1.95. The van der Waals surface area contributed by atoms with Crippen molar-refractivity contribution in [2.75, 3.05) is 18.5 Å². The molecule has 0 radical (unpaired) electrons. The van der Waals surface area contributed by atoms with Crippen molar-refractivity contribution in [1.82, 2.24) is 15.0 Å². The second-order valence-electron chi connectivity index (χ2n) is 4.85. The lowest BCUT2D eigenvalue weighted by molar-refractivity contribution is 0.272. The first-order valence-corrected chi connectivity index (χ1v) is 7.29. The molecule has 5 heteroatoms. The normalized spacial score (nSPS) is 17.2. The van der Waals surface area contributed by atoms with Crippen molar-refractivity contribution in [3.63, 3.8) is 0 Å².